The zero-order valence-electron chi connectivity index (χ0n) is 10.3. The molecule has 0 unspecified atom stereocenters. The first-order valence-electron chi connectivity index (χ1n) is 6.88. The van der Waals surface area contributed by atoms with Crippen molar-refractivity contribution in [3.05, 3.63) is 0 Å². The average molecular weight is 223 g/mol. The van der Waals surface area contributed by atoms with Crippen LogP contribution in [-0.2, 0) is 0 Å². The fourth-order valence-electron chi connectivity index (χ4n) is 2.60. The molecule has 0 aromatic carbocycles. The molecule has 2 aliphatic rings. The Morgan fingerprint density at radius 2 is 1.69 bits per heavy atom. The first-order valence-corrected chi connectivity index (χ1v) is 6.88. The maximum atomic E-state index is 5.86. The van der Waals surface area contributed by atoms with Gasteiger partial charge in [0.1, 0.15) is 0 Å². The van der Waals surface area contributed by atoms with Gasteiger partial charge in [-0.05, 0) is 37.5 Å². The summed E-state index contributed by atoms with van der Waals surface area (Å²) in [7, 11) is 0. The predicted octanol–water partition coefficient (Wildman–Crippen LogP) is 2.27. The van der Waals surface area contributed by atoms with Crippen LogP contribution in [0.2, 0.25) is 0 Å². The summed E-state index contributed by atoms with van der Waals surface area (Å²) in [6.45, 7) is 1.96. The normalized spacial score (nSPS) is 24.1. The van der Waals surface area contributed by atoms with Crippen LogP contribution in [0.3, 0.4) is 0 Å². The van der Waals surface area contributed by atoms with E-state index in [0.29, 0.717) is 5.96 Å². The van der Waals surface area contributed by atoms with Crippen LogP contribution in [-0.4, -0.2) is 19.0 Å². The zero-order valence-corrected chi connectivity index (χ0v) is 10.3. The summed E-state index contributed by atoms with van der Waals surface area (Å²) in [6, 6.07) is 0. The van der Waals surface area contributed by atoms with Crippen molar-refractivity contribution in [2.45, 2.75) is 51.4 Å². The molecule has 0 amide bonds. The summed E-state index contributed by atoms with van der Waals surface area (Å²) >= 11 is 0. The lowest BCUT2D eigenvalue weighted by molar-refractivity contribution is 0.325. The Balaban J connectivity index is 1.59. The maximum Gasteiger partial charge on any atom is 0.188 e. The molecule has 0 saturated heterocycles. The van der Waals surface area contributed by atoms with E-state index in [4.69, 9.17) is 5.73 Å². The predicted molar refractivity (Wildman–Crippen MR) is 68.4 cm³/mol. The van der Waals surface area contributed by atoms with Gasteiger partial charge in [0.15, 0.2) is 5.96 Å². The molecule has 0 radical (unpaired) electrons. The number of aliphatic imine (C=N–C) groups is 1. The zero-order chi connectivity index (χ0) is 11.2. The lowest BCUT2D eigenvalue weighted by atomic mass is 9.86. The number of rotatable bonds is 4. The second-order valence-corrected chi connectivity index (χ2v) is 5.41. The fraction of sp³-hybridized carbons (Fsp3) is 0.923. The molecule has 3 N–H and O–H groups in total. The first-order chi connectivity index (χ1) is 7.84. The highest BCUT2D eigenvalue weighted by molar-refractivity contribution is 5.77. The molecule has 0 heterocycles. The van der Waals surface area contributed by atoms with Crippen molar-refractivity contribution in [1.82, 2.24) is 5.32 Å². The molecule has 0 spiro atoms. The van der Waals surface area contributed by atoms with Crippen molar-refractivity contribution in [3.63, 3.8) is 0 Å². The van der Waals surface area contributed by atoms with Gasteiger partial charge in [-0.2, -0.15) is 0 Å². The van der Waals surface area contributed by atoms with Gasteiger partial charge in [-0.3, -0.25) is 4.99 Å². The van der Waals surface area contributed by atoms with E-state index >= 15 is 0 Å². The third-order valence-electron chi connectivity index (χ3n) is 4.04. The number of nitrogens with one attached hydrogen (secondary N) is 1. The third kappa shape index (κ3) is 3.69. The Labute approximate surface area is 98.9 Å². The van der Waals surface area contributed by atoms with Crippen molar-refractivity contribution in [2.24, 2.45) is 22.6 Å². The average Bonchev–Trinajstić information content (AvgIpc) is 2.26. The Kier molecular flexibility index (Phi) is 4.49. The topological polar surface area (TPSA) is 50.4 Å². The van der Waals surface area contributed by atoms with Gasteiger partial charge in [0.25, 0.3) is 0 Å². The highest BCUT2D eigenvalue weighted by atomic mass is 15.1. The Hall–Kier alpha value is -0.730. The van der Waals surface area contributed by atoms with E-state index in [1.54, 1.807) is 0 Å². The summed E-state index contributed by atoms with van der Waals surface area (Å²) in [4.78, 5) is 4.41. The molecule has 2 saturated carbocycles. The monoisotopic (exact) mass is 223 g/mol. The minimum absolute atomic E-state index is 0.664. The largest absolute Gasteiger partial charge is 0.370 e. The van der Waals surface area contributed by atoms with Gasteiger partial charge < -0.3 is 11.1 Å². The minimum Gasteiger partial charge on any atom is -0.370 e. The smallest absolute Gasteiger partial charge is 0.188 e. The van der Waals surface area contributed by atoms with E-state index in [1.165, 1.54) is 51.4 Å². The molecular formula is C13H25N3. The van der Waals surface area contributed by atoms with Crippen LogP contribution >= 0.6 is 0 Å². The first kappa shape index (κ1) is 11.7. The molecule has 0 aromatic heterocycles. The Morgan fingerprint density at radius 1 is 1.00 bits per heavy atom. The van der Waals surface area contributed by atoms with Crippen LogP contribution in [0.15, 0.2) is 4.99 Å². The summed E-state index contributed by atoms with van der Waals surface area (Å²) < 4.78 is 0. The molecule has 3 nitrogen and oxygen atoms in total. The van der Waals surface area contributed by atoms with Crippen LogP contribution in [0.1, 0.15) is 51.4 Å². The molecule has 0 aromatic rings. The van der Waals surface area contributed by atoms with Crippen molar-refractivity contribution in [2.75, 3.05) is 13.1 Å². The number of nitrogens with zero attached hydrogens (tertiary/aromatic N) is 1. The van der Waals surface area contributed by atoms with Gasteiger partial charge in [-0.15, -0.1) is 0 Å². The molecule has 3 heteroatoms. The molecule has 0 aliphatic heterocycles. The Bertz CT molecular complexity index is 227. The van der Waals surface area contributed by atoms with Gasteiger partial charge >= 0.3 is 0 Å². The number of nitrogens with two attached hydrogens (primary N) is 1. The lowest BCUT2D eigenvalue weighted by Gasteiger charge is -2.24. The van der Waals surface area contributed by atoms with E-state index in [-0.39, 0.29) is 0 Å². The molecule has 0 bridgehead atoms. The summed E-state index contributed by atoms with van der Waals surface area (Å²) in [5.41, 5.74) is 5.86. The third-order valence-corrected chi connectivity index (χ3v) is 4.04. The van der Waals surface area contributed by atoms with Gasteiger partial charge in [0.05, 0.1) is 0 Å². The molecule has 2 aliphatic carbocycles. The van der Waals surface area contributed by atoms with Crippen LogP contribution in [0.4, 0.5) is 0 Å². The summed E-state index contributed by atoms with van der Waals surface area (Å²) in [5.74, 6) is 2.30. The molecule has 16 heavy (non-hydrogen) atoms. The molecule has 92 valence electrons. The highest BCUT2D eigenvalue weighted by Gasteiger charge is 2.17. The van der Waals surface area contributed by atoms with Crippen LogP contribution in [0, 0.1) is 11.8 Å². The second-order valence-electron chi connectivity index (χ2n) is 5.41. The highest BCUT2D eigenvalue weighted by Crippen LogP contribution is 2.26. The summed E-state index contributed by atoms with van der Waals surface area (Å²) in [6.07, 6.45) is 11.0. The Morgan fingerprint density at radius 3 is 2.31 bits per heavy atom. The van der Waals surface area contributed by atoms with Gasteiger partial charge in [-0.25, -0.2) is 0 Å². The maximum absolute atomic E-state index is 5.86. The van der Waals surface area contributed by atoms with Gasteiger partial charge in [0, 0.05) is 13.1 Å². The number of guanidine groups is 1. The van der Waals surface area contributed by atoms with Crippen LogP contribution in [0.25, 0.3) is 0 Å². The van der Waals surface area contributed by atoms with Crippen LogP contribution < -0.4 is 11.1 Å². The van der Waals surface area contributed by atoms with E-state index in [0.717, 1.165) is 24.9 Å². The molecule has 2 fully saturated rings. The van der Waals surface area contributed by atoms with E-state index in [9.17, 15) is 0 Å². The standard InChI is InChI=1S/C13H25N3/c14-13(16-10-12-7-4-8-12)15-9-11-5-2-1-3-6-11/h11-12H,1-10H2,(H3,14,15,16). The van der Waals surface area contributed by atoms with E-state index < -0.39 is 0 Å². The van der Waals surface area contributed by atoms with Crippen molar-refractivity contribution in [3.8, 4) is 0 Å². The number of hydrogen-bond donors (Lipinski definition) is 2. The number of hydrogen-bond acceptors (Lipinski definition) is 1. The quantitative estimate of drug-likeness (QED) is 0.567. The second kappa shape index (κ2) is 6.12. The molecule has 2 rings (SSSR count). The molecular weight excluding hydrogens is 198 g/mol. The molecule has 0 atom stereocenters. The minimum atomic E-state index is 0.664. The van der Waals surface area contributed by atoms with Crippen molar-refractivity contribution in [1.29, 1.82) is 0 Å². The van der Waals surface area contributed by atoms with Crippen LogP contribution in [0.5, 0.6) is 0 Å². The summed E-state index contributed by atoms with van der Waals surface area (Å²) in [5, 5.41) is 3.28. The SMILES string of the molecule is NC(=NCC1CCC1)NCC1CCCCC1. The van der Waals surface area contributed by atoms with Gasteiger partial charge in [0.2, 0.25) is 0 Å². The fourth-order valence-corrected chi connectivity index (χ4v) is 2.60. The van der Waals surface area contributed by atoms with Crippen molar-refractivity contribution < 1.29 is 0 Å². The van der Waals surface area contributed by atoms with E-state index in [2.05, 4.69) is 10.3 Å². The van der Waals surface area contributed by atoms with Crippen molar-refractivity contribution >= 4 is 5.96 Å². The lowest BCUT2D eigenvalue weighted by Crippen LogP contribution is -2.36. The van der Waals surface area contributed by atoms with E-state index in [1.807, 2.05) is 0 Å². The van der Waals surface area contributed by atoms with Gasteiger partial charge in [-0.1, -0.05) is 25.7 Å².